The van der Waals surface area contributed by atoms with Crippen LogP contribution in [0.3, 0.4) is 0 Å². The fourth-order valence-corrected chi connectivity index (χ4v) is 2.06. The molecule has 0 rings (SSSR count). The summed E-state index contributed by atoms with van der Waals surface area (Å²) in [5, 5.41) is 8.92. The van der Waals surface area contributed by atoms with E-state index in [1.807, 2.05) is 35.0 Å². The Bertz CT molecular complexity index is 244. The summed E-state index contributed by atoms with van der Waals surface area (Å²) in [6.45, 7) is 6.87. The van der Waals surface area contributed by atoms with E-state index in [9.17, 15) is 4.79 Å². The molecule has 0 heterocycles. The maximum atomic E-state index is 10.9. The zero-order chi connectivity index (χ0) is 13.7. The third kappa shape index (κ3) is 9.12. The molecule has 0 saturated heterocycles. The van der Waals surface area contributed by atoms with Crippen molar-refractivity contribution in [1.82, 2.24) is 0 Å². The zero-order valence-corrected chi connectivity index (χ0v) is 12.1. The largest absolute Gasteiger partial charge is 0.481 e. The van der Waals surface area contributed by atoms with E-state index in [-0.39, 0.29) is 18.1 Å². The Morgan fingerprint density at radius 1 is 1.35 bits per heavy atom. The van der Waals surface area contributed by atoms with Gasteiger partial charge in [-0.15, -0.1) is 0 Å². The van der Waals surface area contributed by atoms with E-state index in [1.54, 1.807) is 0 Å². The third-order valence-corrected chi connectivity index (χ3v) is 2.49. The highest BCUT2D eigenvalue weighted by atomic mass is 16.5. The average molecular weight is 246 g/mol. The van der Waals surface area contributed by atoms with Gasteiger partial charge in [-0.2, -0.15) is 0 Å². The smallest absolute Gasteiger partial charge is 0.306 e. The van der Waals surface area contributed by atoms with Gasteiger partial charge in [0.15, 0.2) is 0 Å². The monoisotopic (exact) mass is 246 g/mol. The Hall–Kier alpha value is -0.610. The van der Waals surface area contributed by atoms with Crippen molar-refractivity contribution in [2.45, 2.75) is 51.7 Å². The van der Waals surface area contributed by atoms with Crippen LogP contribution in [0.4, 0.5) is 0 Å². The number of quaternary nitrogens is 1. The van der Waals surface area contributed by atoms with Gasteiger partial charge in [0, 0.05) is 0 Å². The van der Waals surface area contributed by atoms with E-state index in [1.165, 1.54) is 0 Å². The summed E-state index contributed by atoms with van der Waals surface area (Å²) in [7, 11) is 6.14. The second-order valence-electron chi connectivity index (χ2n) is 6.32. The lowest BCUT2D eigenvalue weighted by Gasteiger charge is -2.34. The Labute approximate surface area is 105 Å². The summed E-state index contributed by atoms with van der Waals surface area (Å²) in [5.74, 6) is -0.796. The van der Waals surface area contributed by atoms with Crippen molar-refractivity contribution in [1.29, 1.82) is 0 Å². The Balaban J connectivity index is 4.53. The number of hydrogen-bond acceptors (Lipinski definition) is 2. The molecule has 17 heavy (non-hydrogen) atoms. The van der Waals surface area contributed by atoms with Crippen LogP contribution < -0.4 is 0 Å². The van der Waals surface area contributed by atoms with Gasteiger partial charge in [-0.1, -0.05) is 13.3 Å². The molecule has 0 aromatic carbocycles. The van der Waals surface area contributed by atoms with Gasteiger partial charge in [-0.25, -0.2) is 0 Å². The predicted molar refractivity (Wildman–Crippen MR) is 69.0 cm³/mol. The molecule has 4 heteroatoms. The van der Waals surface area contributed by atoms with Crippen molar-refractivity contribution in [3.8, 4) is 0 Å². The molecule has 0 saturated carbocycles. The number of ether oxygens (including phenoxy) is 1. The van der Waals surface area contributed by atoms with Crippen molar-refractivity contribution in [2.75, 3.05) is 27.7 Å². The number of aliphatic carboxylic acids is 1. The van der Waals surface area contributed by atoms with Crippen molar-refractivity contribution in [3.63, 3.8) is 0 Å². The van der Waals surface area contributed by atoms with Crippen LogP contribution in [-0.4, -0.2) is 55.0 Å². The topological polar surface area (TPSA) is 46.5 Å². The maximum Gasteiger partial charge on any atom is 0.306 e. The fourth-order valence-electron chi connectivity index (χ4n) is 2.06. The average Bonchev–Trinajstić information content (AvgIpc) is 1.96. The van der Waals surface area contributed by atoms with Crippen LogP contribution in [0.2, 0.25) is 0 Å². The second-order valence-corrected chi connectivity index (χ2v) is 6.32. The maximum absolute atomic E-state index is 10.9. The summed E-state index contributed by atoms with van der Waals surface area (Å²) < 4.78 is 6.68. The van der Waals surface area contributed by atoms with E-state index in [0.29, 0.717) is 11.0 Å². The lowest BCUT2D eigenvalue weighted by Crippen LogP contribution is -2.45. The van der Waals surface area contributed by atoms with Crippen molar-refractivity contribution in [3.05, 3.63) is 0 Å². The van der Waals surface area contributed by atoms with Crippen LogP contribution in [0, 0.1) is 0 Å². The number of carbonyl (C=O) groups is 1. The molecule has 0 aliphatic rings. The highest BCUT2D eigenvalue weighted by Crippen LogP contribution is 2.21. The van der Waals surface area contributed by atoms with Crippen LogP contribution >= 0.6 is 0 Å². The minimum Gasteiger partial charge on any atom is -0.481 e. The van der Waals surface area contributed by atoms with E-state index >= 15 is 0 Å². The molecule has 0 spiro atoms. The Morgan fingerprint density at radius 2 is 1.88 bits per heavy atom. The molecule has 4 nitrogen and oxygen atoms in total. The van der Waals surface area contributed by atoms with Gasteiger partial charge in [0.05, 0.1) is 33.2 Å². The first-order valence-corrected chi connectivity index (χ1v) is 6.26. The van der Waals surface area contributed by atoms with Gasteiger partial charge in [-0.3, -0.25) is 4.79 Å². The molecule has 0 aliphatic carbocycles. The molecule has 0 amide bonds. The third-order valence-electron chi connectivity index (χ3n) is 2.49. The van der Waals surface area contributed by atoms with Crippen molar-refractivity contribution >= 4 is 5.97 Å². The second kappa shape index (κ2) is 6.36. The molecular formula is C13H28NO3+. The summed E-state index contributed by atoms with van der Waals surface area (Å²) in [4.78, 5) is 10.9. The molecule has 0 aromatic heterocycles. The zero-order valence-electron chi connectivity index (χ0n) is 12.1. The normalized spacial score (nSPS) is 14.7. The molecule has 1 N–H and O–H groups in total. The van der Waals surface area contributed by atoms with Crippen LogP contribution in [0.5, 0.6) is 0 Å². The van der Waals surface area contributed by atoms with E-state index in [4.69, 9.17) is 9.84 Å². The van der Waals surface area contributed by atoms with Gasteiger partial charge in [0.2, 0.25) is 0 Å². The molecule has 102 valence electrons. The summed E-state index contributed by atoms with van der Waals surface area (Å²) in [6.07, 6.45) is 1.83. The SMILES string of the molecule is CCCC(C)(C)O[C@H](CC(=O)O)C[N+](C)(C)C. The molecule has 0 fully saturated rings. The first-order valence-electron chi connectivity index (χ1n) is 6.26. The Kier molecular flexibility index (Phi) is 6.13. The lowest BCUT2D eigenvalue weighted by molar-refractivity contribution is -0.873. The van der Waals surface area contributed by atoms with Gasteiger partial charge < -0.3 is 14.3 Å². The molecule has 1 atom stereocenters. The minimum atomic E-state index is -0.796. The van der Waals surface area contributed by atoms with Crippen molar-refractivity contribution < 1.29 is 19.1 Å². The Morgan fingerprint density at radius 3 is 2.24 bits per heavy atom. The number of likely N-dealkylation sites (N-methyl/N-ethyl adjacent to an activating group) is 1. The van der Waals surface area contributed by atoms with Crippen LogP contribution in [-0.2, 0) is 9.53 Å². The van der Waals surface area contributed by atoms with Gasteiger partial charge >= 0.3 is 5.97 Å². The predicted octanol–water partition coefficient (Wildman–Crippen LogP) is 2.13. The lowest BCUT2D eigenvalue weighted by atomic mass is 10.0. The van der Waals surface area contributed by atoms with E-state index in [0.717, 1.165) is 12.8 Å². The van der Waals surface area contributed by atoms with Crippen molar-refractivity contribution in [2.24, 2.45) is 0 Å². The number of hydrogen-bond donors (Lipinski definition) is 1. The first kappa shape index (κ1) is 16.4. The number of rotatable bonds is 8. The van der Waals surface area contributed by atoms with Gasteiger partial charge in [0.25, 0.3) is 0 Å². The molecule has 0 aliphatic heterocycles. The fraction of sp³-hybridized carbons (Fsp3) is 0.923. The van der Waals surface area contributed by atoms with E-state index < -0.39 is 5.97 Å². The highest BCUT2D eigenvalue weighted by Gasteiger charge is 2.28. The molecule has 0 unspecified atom stereocenters. The molecular weight excluding hydrogens is 218 g/mol. The molecule has 0 aromatic rings. The number of carboxylic acids is 1. The summed E-state index contributed by atoms with van der Waals surface area (Å²) in [5.41, 5.74) is -0.246. The summed E-state index contributed by atoms with van der Waals surface area (Å²) >= 11 is 0. The standard InChI is InChI=1S/C13H27NO3/c1-7-8-13(2,3)17-11(9-12(15)16)10-14(4,5)6/h11H,7-10H2,1-6H3/p+1/t11-/m1/s1. The number of carboxylic acid groups (broad SMARTS) is 1. The van der Waals surface area contributed by atoms with E-state index in [2.05, 4.69) is 6.92 Å². The van der Waals surface area contributed by atoms with Gasteiger partial charge in [-0.05, 0) is 20.3 Å². The minimum absolute atomic E-state index is 0.0721. The van der Waals surface area contributed by atoms with Gasteiger partial charge in [0.1, 0.15) is 12.6 Å². The number of nitrogens with zero attached hydrogens (tertiary/aromatic N) is 1. The molecule has 0 radical (unpaired) electrons. The molecule has 0 bridgehead atoms. The quantitative estimate of drug-likeness (QED) is 0.667. The summed E-state index contributed by atoms with van der Waals surface area (Å²) in [6, 6.07) is 0. The highest BCUT2D eigenvalue weighted by molar-refractivity contribution is 5.67. The van der Waals surface area contributed by atoms with Crippen LogP contribution in [0.15, 0.2) is 0 Å². The van der Waals surface area contributed by atoms with Crippen LogP contribution in [0.25, 0.3) is 0 Å². The van der Waals surface area contributed by atoms with Crippen LogP contribution in [0.1, 0.15) is 40.0 Å². The first-order chi connectivity index (χ1) is 7.56.